The van der Waals surface area contributed by atoms with Gasteiger partial charge in [0.1, 0.15) is 6.04 Å². The summed E-state index contributed by atoms with van der Waals surface area (Å²) < 4.78 is 0. The molecule has 1 rings (SSSR count). The molecule has 0 aromatic heterocycles. The summed E-state index contributed by atoms with van der Waals surface area (Å²) in [5.74, 6) is -0.936. The smallest absolute Gasteiger partial charge is 0.240 e. The summed E-state index contributed by atoms with van der Waals surface area (Å²) in [5.41, 5.74) is 10.7. The Bertz CT molecular complexity index is 324. The highest BCUT2D eigenvalue weighted by atomic mass is 16.3. The molecule has 1 aliphatic heterocycles. The fraction of sp³-hybridized carbons (Fsp3) is 0.818. The third-order valence-electron chi connectivity index (χ3n) is 3.09. The van der Waals surface area contributed by atoms with Gasteiger partial charge in [-0.3, -0.25) is 9.59 Å². The van der Waals surface area contributed by atoms with Gasteiger partial charge in [0, 0.05) is 13.0 Å². The van der Waals surface area contributed by atoms with E-state index >= 15 is 0 Å². The molecule has 6 nitrogen and oxygen atoms in total. The van der Waals surface area contributed by atoms with Crippen molar-refractivity contribution in [3.63, 3.8) is 0 Å². The lowest BCUT2D eigenvalue weighted by molar-refractivity contribution is -0.140. The van der Waals surface area contributed by atoms with Crippen molar-refractivity contribution < 1.29 is 14.7 Å². The Morgan fingerprint density at radius 3 is 2.35 bits per heavy atom. The Morgan fingerprint density at radius 1 is 1.41 bits per heavy atom. The number of nitrogens with two attached hydrogens (primary N) is 2. The molecule has 1 saturated heterocycles. The van der Waals surface area contributed by atoms with Crippen molar-refractivity contribution in [3.8, 4) is 0 Å². The van der Waals surface area contributed by atoms with Crippen molar-refractivity contribution in [2.24, 2.45) is 16.9 Å². The van der Waals surface area contributed by atoms with Crippen LogP contribution in [0.15, 0.2) is 0 Å². The van der Waals surface area contributed by atoms with E-state index in [1.165, 1.54) is 4.90 Å². The van der Waals surface area contributed by atoms with Crippen LogP contribution in [-0.4, -0.2) is 46.6 Å². The monoisotopic (exact) mass is 243 g/mol. The van der Waals surface area contributed by atoms with Gasteiger partial charge in [-0.25, -0.2) is 0 Å². The first-order chi connectivity index (χ1) is 7.64. The van der Waals surface area contributed by atoms with Crippen molar-refractivity contribution in [2.75, 3.05) is 6.54 Å². The number of primary amides is 1. The van der Waals surface area contributed by atoms with Crippen LogP contribution >= 0.6 is 0 Å². The number of nitrogens with zero attached hydrogens (tertiary/aromatic N) is 1. The van der Waals surface area contributed by atoms with Crippen molar-refractivity contribution in [2.45, 2.75) is 45.4 Å². The number of hydrogen-bond acceptors (Lipinski definition) is 4. The maximum absolute atomic E-state index is 12.1. The van der Waals surface area contributed by atoms with Gasteiger partial charge in [0.25, 0.3) is 0 Å². The topological polar surface area (TPSA) is 110 Å². The molecule has 2 amide bonds. The molecule has 0 aliphatic carbocycles. The summed E-state index contributed by atoms with van der Waals surface area (Å²) in [7, 11) is 0. The van der Waals surface area contributed by atoms with Gasteiger partial charge in [-0.15, -0.1) is 0 Å². The van der Waals surface area contributed by atoms with E-state index in [1.54, 1.807) is 0 Å². The number of amides is 2. The summed E-state index contributed by atoms with van der Waals surface area (Å²) in [4.78, 5) is 24.6. The van der Waals surface area contributed by atoms with Gasteiger partial charge in [-0.1, -0.05) is 20.8 Å². The number of likely N-dealkylation sites (tertiary alicyclic amines) is 1. The Labute approximate surface area is 101 Å². The van der Waals surface area contributed by atoms with Gasteiger partial charge >= 0.3 is 0 Å². The van der Waals surface area contributed by atoms with Crippen LogP contribution in [0.1, 0.15) is 27.2 Å². The summed E-state index contributed by atoms with van der Waals surface area (Å²) in [5, 5.41) is 9.51. The number of β-amino-alcohol motifs (C(OH)–C–C–N with tert-alkyl or cyclic N) is 1. The Morgan fingerprint density at radius 2 is 1.94 bits per heavy atom. The molecular formula is C11H21N3O3. The zero-order valence-electron chi connectivity index (χ0n) is 10.5. The molecule has 0 radical (unpaired) electrons. The second-order valence-corrected chi connectivity index (χ2v) is 5.64. The normalized spacial score (nSPS) is 27.0. The first-order valence-electron chi connectivity index (χ1n) is 5.68. The van der Waals surface area contributed by atoms with Crippen molar-refractivity contribution in [1.82, 2.24) is 4.90 Å². The van der Waals surface area contributed by atoms with Crippen LogP contribution < -0.4 is 11.5 Å². The minimum atomic E-state index is -0.745. The summed E-state index contributed by atoms with van der Waals surface area (Å²) in [6.07, 6.45) is -0.513. The molecule has 0 spiro atoms. The summed E-state index contributed by atoms with van der Waals surface area (Å²) in [6, 6.07) is -1.46. The van der Waals surface area contributed by atoms with Gasteiger partial charge in [0.05, 0.1) is 12.1 Å². The maximum Gasteiger partial charge on any atom is 0.240 e. The van der Waals surface area contributed by atoms with Crippen LogP contribution in [0.4, 0.5) is 0 Å². The Hall–Kier alpha value is -1.14. The lowest BCUT2D eigenvalue weighted by atomic mass is 9.86. The average Bonchev–Trinajstić information content (AvgIpc) is 2.56. The molecule has 0 bridgehead atoms. The molecule has 1 unspecified atom stereocenters. The fourth-order valence-corrected chi connectivity index (χ4v) is 1.88. The van der Waals surface area contributed by atoms with E-state index in [0.29, 0.717) is 0 Å². The van der Waals surface area contributed by atoms with E-state index in [9.17, 15) is 14.7 Å². The summed E-state index contributed by atoms with van der Waals surface area (Å²) in [6.45, 7) is 5.67. The molecule has 98 valence electrons. The first-order valence-corrected chi connectivity index (χ1v) is 5.68. The van der Waals surface area contributed by atoms with Crippen molar-refractivity contribution in [3.05, 3.63) is 0 Å². The lowest BCUT2D eigenvalue weighted by Gasteiger charge is -2.31. The maximum atomic E-state index is 12.1. The minimum Gasteiger partial charge on any atom is -0.391 e. The highest BCUT2D eigenvalue weighted by molar-refractivity contribution is 5.90. The number of rotatable bonds is 2. The van der Waals surface area contributed by atoms with Crippen LogP contribution in [0, 0.1) is 5.41 Å². The number of aliphatic hydroxyl groups is 1. The quantitative estimate of drug-likeness (QED) is 0.566. The second kappa shape index (κ2) is 4.62. The number of carbonyl (C=O) groups is 2. The van der Waals surface area contributed by atoms with Gasteiger partial charge in [-0.2, -0.15) is 0 Å². The molecule has 5 N–H and O–H groups in total. The molecular weight excluding hydrogens is 222 g/mol. The third kappa shape index (κ3) is 2.95. The van der Waals surface area contributed by atoms with E-state index in [1.807, 2.05) is 20.8 Å². The van der Waals surface area contributed by atoms with Crippen molar-refractivity contribution in [1.29, 1.82) is 0 Å². The number of aliphatic hydroxyl groups excluding tert-OH is 1. The summed E-state index contributed by atoms with van der Waals surface area (Å²) >= 11 is 0. The highest BCUT2D eigenvalue weighted by Crippen LogP contribution is 2.24. The molecule has 6 heteroatoms. The first kappa shape index (κ1) is 13.9. The van der Waals surface area contributed by atoms with E-state index in [4.69, 9.17) is 11.5 Å². The molecule has 17 heavy (non-hydrogen) atoms. The van der Waals surface area contributed by atoms with Gasteiger partial charge in [0.15, 0.2) is 0 Å². The molecule has 1 heterocycles. The largest absolute Gasteiger partial charge is 0.391 e. The van der Waals surface area contributed by atoms with Crippen molar-refractivity contribution >= 4 is 11.8 Å². The van der Waals surface area contributed by atoms with Crippen LogP contribution in [0.25, 0.3) is 0 Å². The molecule has 0 aromatic carbocycles. The standard InChI is InChI=1S/C11H21N3O3/c1-11(2,3)8(12)10(17)14-5-6(15)4-7(14)9(13)16/h6-8,15H,4-5,12H2,1-3H3,(H2,13,16)/t6-,7+,8?/m1/s1. The molecule has 0 saturated carbocycles. The zero-order chi connectivity index (χ0) is 13.4. The number of carbonyl (C=O) groups excluding carboxylic acids is 2. The Kier molecular flexibility index (Phi) is 3.78. The van der Waals surface area contributed by atoms with E-state index in [0.717, 1.165) is 0 Å². The van der Waals surface area contributed by atoms with E-state index < -0.39 is 29.5 Å². The second-order valence-electron chi connectivity index (χ2n) is 5.64. The number of hydrogen-bond donors (Lipinski definition) is 3. The average molecular weight is 243 g/mol. The van der Waals surface area contributed by atoms with Crippen LogP contribution in [-0.2, 0) is 9.59 Å². The van der Waals surface area contributed by atoms with E-state index in [-0.39, 0.29) is 18.9 Å². The molecule has 0 aromatic rings. The van der Waals surface area contributed by atoms with Crippen LogP contribution in [0.5, 0.6) is 0 Å². The molecule has 1 aliphatic rings. The zero-order valence-corrected chi connectivity index (χ0v) is 10.5. The lowest BCUT2D eigenvalue weighted by Crippen LogP contribution is -2.54. The van der Waals surface area contributed by atoms with Gasteiger partial charge in [-0.05, 0) is 5.41 Å². The van der Waals surface area contributed by atoms with E-state index in [2.05, 4.69) is 0 Å². The van der Waals surface area contributed by atoms with Crippen LogP contribution in [0.2, 0.25) is 0 Å². The Balaban J connectivity index is 2.84. The van der Waals surface area contributed by atoms with Gasteiger partial charge in [0.2, 0.25) is 11.8 Å². The fourth-order valence-electron chi connectivity index (χ4n) is 1.88. The van der Waals surface area contributed by atoms with Gasteiger partial charge < -0.3 is 21.5 Å². The highest BCUT2D eigenvalue weighted by Gasteiger charge is 2.41. The predicted octanol–water partition coefficient (Wildman–Crippen LogP) is -1.19. The molecule has 1 fully saturated rings. The predicted molar refractivity (Wildman–Crippen MR) is 62.7 cm³/mol. The SMILES string of the molecule is CC(C)(C)C(N)C(=O)N1C[C@H](O)C[C@H]1C(N)=O. The third-order valence-corrected chi connectivity index (χ3v) is 3.09. The van der Waals surface area contributed by atoms with Crippen LogP contribution in [0.3, 0.4) is 0 Å². The minimum absolute atomic E-state index is 0.121. The molecule has 3 atom stereocenters.